The highest BCUT2D eigenvalue weighted by atomic mass is 32.2. The predicted molar refractivity (Wildman–Crippen MR) is 147 cm³/mol. The van der Waals surface area contributed by atoms with E-state index in [-0.39, 0.29) is 17.7 Å². The Morgan fingerprint density at radius 2 is 1.23 bits per heavy atom. The van der Waals surface area contributed by atoms with E-state index in [1.54, 1.807) is 91.0 Å². The molecule has 0 bridgehead atoms. The molecule has 0 unspecified atom stereocenters. The van der Waals surface area contributed by atoms with Crippen molar-refractivity contribution in [3.8, 4) is 0 Å². The van der Waals surface area contributed by atoms with Gasteiger partial charge >= 0.3 is 17.9 Å². The average molecular weight is 567 g/mol. The zero-order valence-corrected chi connectivity index (χ0v) is 22.8. The van der Waals surface area contributed by atoms with Gasteiger partial charge in [0.15, 0.2) is 12.2 Å². The summed E-state index contributed by atoms with van der Waals surface area (Å²) >= 11 is 1.25. The first-order valence-electron chi connectivity index (χ1n) is 12.7. The summed E-state index contributed by atoms with van der Waals surface area (Å²) in [5.74, 6) is -3.97. The first-order chi connectivity index (χ1) is 19.4. The zero-order chi connectivity index (χ0) is 28.5. The lowest BCUT2D eigenvalue weighted by Gasteiger charge is -2.49. The van der Waals surface area contributed by atoms with E-state index in [0.717, 1.165) is 0 Å². The third-order valence-corrected chi connectivity index (χ3v) is 7.26. The van der Waals surface area contributed by atoms with Crippen LogP contribution in [0.25, 0.3) is 0 Å². The average Bonchev–Trinajstić information content (AvgIpc) is 3.00. The van der Waals surface area contributed by atoms with Crippen molar-refractivity contribution in [1.29, 1.82) is 0 Å². The van der Waals surface area contributed by atoms with Gasteiger partial charge in [-0.25, -0.2) is 14.4 Å². The van der Waals surface area contributed by atoms with Gasteiger partial charge in [0.25, 0.3) is 0 Å². The first kappa shape index (κ1) is 29.3. The van der Waals surface area contributed by atoms with E-state index in [1.165, 1.54) is 18.9 Å². The van der Waals surface area contributed by atoms with Crippen LogP contribution in [0.4, 0.5) is 0 Å². The minimum atomic E-state index is -2.36. The van der Waals surface area contributed by atoms with Gasteiger partial charge in [-0.05, 0) is 42.2 Å². The van der Waals surface area contributed by atoms with Crippen LogP contribution in [0.3, 0.4) is 0 Å². The molecule has 1 N–H and O–H groups in total. The molecule has 1 saturated heterocycles. The van der Waals surface area contributed by atoms with E-state index in [2.05, 4.69) is 0 Å². The summed E-state index contributed by atoms with van der Waals surface area (Å²) < 4.78 is 28.7. The Balaban J connectivity index is 1.66. The van der Waals surface area contributed by atoms with Gasteiger partial charge in [-0.3, -0.25) is 0 Å². The Labute approximate surface area is 236 Å². The molecular weight excluding hydrogens is 536 g/mol. The zero-order valence-electron chi connectivity index (χ0n) is 22.0. The van der Waals surface area contributed by atoms with Crippen molar-refractivity contribution >= 4 is 29.7 Å². The summed E-state index contributed by atoms with van der Waals surface area (Å²) in [6.45, 7) is 1.48. The largest absolute Gasteiger partial charge is 0.459 e. The smallest absolute Gasteiger partial charge is 0.338 e. The molecule has 1 aliphatic heterocycles. The quantitative estimate of drug-likeness (QED) is 0.218. The maximum atomic E-state index is 13.1. The summed E-state index contributed by atoms with van der Waals surface area (Å²) in [6, 6.07) is 24.7. The Kier molecular flexibility index (Phi) is 9.94. The van der Waals surface area contributed by atoms with Crippen LogP contribution in [0.2, 0.25) is 0 Å². The van der Waals surface area contributed by atoms with Gasteiger partial charge in [-0.2, -0.15) is 0 Å². The van der Waals surface area contributed by atoms with E-state index in [0.29, 0.717) is 11.3 Å². The second-order valence-electron chi connectivity index (χ2n) is 8.80. The number of ether oxygens (including phenoxy) is 5. The second-order valence-corrected chi connectivity index (χ2v) is 10.2. The monoisotopic (exact) mass is 566 g/mol. The summed E-state index contributed by atoms with van der Waals surface area (Å²) in [4.78, 5) is 38.8. The number of esters is 3. The van der Waals surface area contributed by atoms with Crippen molar-refractivity contribution < 1.29 is 43.2 Å². The van der Waals surface area contributed by atoms with Gasteiger partial charge < -0.3 is 28.8 Å². The molecule has 0 spiro atoms. The first-order valence-corrected chi connectivity index (χ1v) is 13.7. The van der Waals surface area contributed by atoms with Gasteiger partial charge in [0.1, 0.15) is 18.1 Å². The van der Waals surface area contributed by atoms with Crippen LogP contribution in [0.15, 0.2) is 91.0 Å². The molecule has 4 rings (SSSR count). The Hall–Kier alpha value is -3.70. The molecule has 3 aromatic carbocycles. The number of hydrogen-bond donors (Lipinski definition) is 1. The summed E-state index contributed by atoms with van der Waals surface area (Å²) in [6.07, 6.45) is -4.12. The van der Waals surface area contributed by atoms with E-state index >= 15 is 0 Å². The maximum absolute atomic E-state index is 13.1. The molecule has 0 aliphatic carbocycles. The molecule has 3 aromatic rings. The predicted octanol–water partition coefficient (Wildman–Crippen LogP) is 4.11. The fourth-order valence-corrected chi connectivity index (χ4v) is 5.19. The highest BCUT2D eigenvalue weighted by Gasteiger charge is 2.61. The van der Waals surface area contributed by atoms with Gasteiger partial charge in [0.05, 0.1) is 16.7 Å². The van der Waals surface area contributed by atoms with Crippen LogP contribution in [0.1, 0.15) is 38.0 Å². The summed E-state index contributed by atoms with van der Waals surface area (Å²) in [7, 11) is 1.21. The molecule has 5 atom stereocenters. The lowest BCUT2D eigenvalue weighted by molar-refractivity contribution is -0.345. The van der Waals surface area contributed by atoms with Gasteiger partial charge in [-0.1, -0.05) is 61.5 Å². The molecule has 0 aromatic heterocycles. The molecule has 9 nitrogen and oxygen atoms in total. The highest BCUT2D eigenvalue weighted by Crippen LogP contribution is 2.40. The van der Waals surface area contributed by atoms with Gasteiger partial charge in [0, 0.05) is 7.11 Å². The SMILES string of the molecule is CCS[C@@H]1O[C@H](COC(=O)c2ccccc2)[C@@H](OC(=O)c2ccccc2)[C@@](O)(OC)[C@H]1OC(=O)c1ccccc1. The lowest BCUT2D eigenvalue weighted by atomic mass is 9.94. The van der Waals surface area contributed by atoms with Crippen LogP contribution < -0.4 is 0 Å². The van der Waals surface area contributed by atoms with Gasteiger partial charge in [0.2, 0.25) is 5.79 Å². The molecule has 1 aliphatic rings. The van der Waals surface area contributed by atoms with Crippen LogP contribution in [0.5, 0.6) is 0 Å². The summed E-state index contributed by atoms with van der Waals surface area (Å²) in [5, 5.41) is 11.9. The van der Waals surface area contributed by atoms with Crippen molar-refractivity contribution in [2.45, 2.75) is 36.5 Å². The second kappa shape index (κ2) is 13.6. The molecule has 0 radical (unpaired) electrons. The third kappa shape index (κ3) is 6.71. The highest BCUT2D eigenvalue weighted by molar-refractivity contribution is 7.99. The third-order valence-electron chi connectivity index (χ3n) is 6.24. The minimum absolute atomic E-state index is 0.212. The number of rotatable bonds is 10. The number of methoxy groups -OCH3 is 1. The van der Waals surface area contributed by atoms with Crippen LogP contribution in [-0.4, -0.2) is 72.0 Å². The van der Waals surface area contributed by atoms with Crippen LogP contribution in [0, 0.1) is 0 Å². The molecule has 1 fully saturated rings. The molecular formula is C30H30O9S. The molecule has 210 valence electrons. The fraction of sp³-hybridized carbons (Fsp3) is 0.300. The van der Waals surface area contributed by atoms with E-state index < -0.39 is 47.4 Å². The normalized spacial score (nSPS) is 24.1. The molecule has 10 heteroatoms. The Morgan fingerprint density at radius 3 is 1.68 bits per heavy atom. The molecule has 0 amide bonds. The van der Waals surface area contributed by atoms with Crippen molar-refractivity contribution in [3.05, 3.63) is 108 Å². The van der Waals surface area contributed by atoms with Crippen molar-refractivity contribution in [2.75, 3.05) is 19.5 Å². The van der Waals surface area contributed by atoms with Crippen LogP contribution >= 0.6 is 11.8 Å². The number of benzene rings is 3. The van der Waals surface area contributed by atoms with E-state index in [1.807, 2.05) is 6.92 Å². The van der Waals surface area contributed by atoms with Crippen molar-refractivity contribution in [1.82, 2.24) is 0 Å². The Bertz CT molecular complexity index is 1270. The summed E-state index contributed by atoms with van der Waals surface area (Å²) in [5.41, 5.74) is -0.177. The maximum Gasteiger partial charge on any atom is 0.338 e. The number of aliphatic hydroxyl groups is 1. The molecule has 40 heavy (non-hydrogen) atoms. The fourth-order valence-electron chi connectivity index (χ4n) is 4.22. The molecule has 1 heterocycles. The standard InChI is InChI=1S/C30H30O9S/c1-3-40-29-25(39-28(33)22-17-11-6-12-18-22)30(34,35-2)24(38-27(32)21-15-9-5-10-16-21)23(37-29)19-36-26(31)20-13-7-4-8-14-20/h4-18,23-25,29,34H,3,19H2,1-2H3/t23-,24-,25+,29+,30-/m1/s1. The van der Waals surface area contributed by atoms with Crippen molar-refractivity contribution in [2.24, 2.45) is 0 Å². The van der Waals surface area contributed by atoms with E-state index in [9.17, 15) is 19.5 Å². The van der Waals surface area contributed by atoms with Gasteiger partial charge in [-0.15, -0.1) is 11.8 Å². The topological polar surface area (TPSA) is 118 Å². The van der Waals surface area contributed by atoms with Crippen LogP contribution in [-0.2, 0) is 23.7 Å². The van der Waals surface area contributed by atoms with E-state index in [4.69, 9.17) is 23.7 Å². The number of hydrogen-bond acceptors (Lipinski definition) is 10. The molecule has 0 saturated carbocycles. The number of carbonyl (C=O) groups is 3. The Morgan fingerprint density at radius 1 is 0.775 bits per heavy atom. The van der Waals surface area contributed by atoms with Crippen molar-refractivity contribution in [3.63, 3.8) is 0 Å². The minimum Gasteiger partial charge on any atom is -0.459 e. The number of carbonyl (C=O) groups excluding carboxylic acids is 3. The number of thioether (sulfide) groups is 1. The lowest BCUT2D eigenvalue weighted by Crippen LogP contribution is -2.69.